The predicted octanol–water partition coefficient (Wildman–Crippen LogP) is 3.73. The Balaban J connectivity index is 1.45. The average molecular weight is 450 g/mol. The van der Waals surface area contributed by atoms with Crippen LogP contribution in [-0.2, 0) is 16.1 Å². The molecule has 6 heteroatoms. The molecule has 33 heavy (non-hydrogen) atoms. The van der Waals surface area contributed by atoms with E-state index >= 15 is 0 Å². The van der Waals surface area contributed by atoms with Gasteiger partial charge < -0.3 is 14.5 Å². The van der Waals surface area contributed by atoms with Crippen molar-refractivity contribution in [2.24, 2.45) is 5.41 Å². The lowest BCUT2D eigenvalue weighted by Gasteiger charge is -2.46. The number of benzene rings is 2. The molecule has 0 saturated carbocycles. The van der Waals surface area contributed by atoms with Crippen LogP contribution >= 0.6 is 0 Å². The highest BCUT2D eigenvalue weighted by Crippen LogP contribution is 2.37. The van der Waals surface area contributed by atoms with E-state index in [1.165, 1.54) is 5.56 Å². The van der Waals surface area contributed by atoms with Crippen molar-refractivity contribution in [3.8, 4) is 5.75 Å². The number of hydrogen-bond acceptors (Lipinski definition) is 4. The molecule has 1 atom stereocenters. The van der Waals surface area contributed by atoms with Crippen LogP contribution in [0.4, 0.5) is 0 Å². The first-order valence-electron chi connectivity index (χ1n) is 11.9. The zero-order valence-corrected chi connectivity index (χ0v) is 20.0. The summed E-state index contributed by atoms with van der Waals surface area (Å²) in [4.78, 5) is 32.4. The molecular weight excluding hydrogens is 414 g/mol. The topological polar surface area (TPSA) is 53.1 Å². The van der Waals surface area contributed by atoms with Gasteiger partial charge in [0.2, 0.25) is 11.8 Å². The largest absolute Gasteiger partial charge is 0.496 e. The number of piperazine rings is 1. The number of carbonyl (C=O) groups excluding carboxylic acids is 2. The van der Waals surface area contributed by atoms with Crippen LogP contribution in [0, 0.1) is 5.41 Å². The van der Waals surface area contributed by atoms with Crippen LogP contribution in [0.15, 0.2) is 54.6 Å². The van der Waals surface area contributed by atoms with Crippen LogP contribution in [0.25, 0.3) is 0 Å². The highest BCUT2D eigenvalue weighted by Gasteiger charge is 2.42. The molecule has 2 heterocycles. The standard InChI is InChI=1S/C27H35N3O3/c1-21(31)30-18-17-29(20-24(30)23-11-7-8-12-25(23)33-3)26(32)27(2)13-15-28(16-14-27)19-22-9-5-4-6-10-22/h4-12,24H,13-20H2,1-3H3/t24-/m0/s1. The van der Waals surface area contributed by atoms with Crippen molar-refractivity contribution in [3.05, 3.63) is 65.7 Å². The van der Waals surface area contributed by atoms with Crippen molar-refractivity contribution in [2.75, 3.05) is 39.8 Å². The molecule has 6 nitrogen and oxygen atoms in total. The van der Waals surface area contributed by atoms with Crippen LogP contribution in [-0.4, -0.2) is 66.3 Å². The first-order valence-corrected chi connectivity index (χ1v) is 11.9. The second-order valence-electron chi connectivity index (χ2n) is 9.54. The number of para-hydroxylation sites is 1. The maximum atomic E-state index is 13.7. The van der Waals surface area contributed by atoms with Crippen molar-refractivity contribution >= 4 is 11.8 Å². The SMILES string of the molecule is COc1ccccc1[C@@H]1CN(C(=O)C2(C)CCN(Cc3ccccc3)CC2)CCN1C(C)=O. The Hall–Kier alpha value is -2.86. The molecule has 176 valence electrons. The number of ether oxygens (including phenoxy) is 1. The molecule has 2 aromatic rings. The van der Waals surface area contributed by atoms with Crippen molar-refractivity contribution in [2.45, 2.75) is 39.3 Å². The zero-order chi connectivity index (χ0) is 23.4. The summed E-state index contributed by atoms with van der Waals surface area (Å²) in [7, 11) is 1.65. The summed E-state index contributed by atoms with van der Waals surface area (Å²) < 4.78 is 5.57. The molecule has 2 aliphatic heterocycles. The van der Waals surface area contributed by atoms with Gasteiger partial charge in [-0.1, -0.05) is 55.5 Å². The van der Waals surface area contributed by atoms with E-state index in [0.29, 0.717) is 19.6 Å². The van der Waals surface area contributed by atoms with Gasteiger partial charge in [-0.2, -0.15) is 0 Å². The molecule has 4 rings (SSSR count). The third-order valence-corrected chi connectivity index (χ3v) is 7.29. The molecule has 0 radical (unpaired) electrons. The molecular formula is C27H35N3O3. The number of carbonyl (C=O) groups is 2. The normalized spacial score (nSPS) is 21.0. The summed E-state index contributed by atoms with van der Waals surface area (Å²) in [5, 5.41) is 0. The molecule has 0 spiro atoms. The number of methoxy groups -OCH3 is 1. The fourth-order valence-corrected chi connectivity index (χ4v) is 5.19. The van der Waals surface area contributed by atoms with Gasteiger partial charge in [-0.25, -0.2) is 0 Å². The minimum atomic E-state index is -0.364. The van der Waals surface area contributed by atoms with E-state index in [4.69, 9.17) is 4.74 Å². The van der Waals surface area contributed by atoms with Gasteiger partial charge in [-0.15, -0.1) is 0 Å². The second-order valence-corrected chi connectivity index (χ2v) is 9.54. The molecule has 0 aromatic heterocycles. The summed E-state index contributed by atoms with van der Waals surface area (Å²) in [6.07, 6.45) is 1.70. The van der Waals surface area contributed by atoms with E-state index in [0.717, 1.165) is 43.8 Å². The fraction of sp³-hybridized carbons (Fsp3) is 0.481. The molecule has 2 fully saturated rings. The summed E-state index contributed by atoms with van der Waals surface area (Å²) in [5.74, 6) is 0.992. The molecule has 2 amide bonds. The lowest BCUT2D eigenvalue weighted by atomic mass is 9.78. The van der Waals surface area contributed by atoms with E-state index < -0.39 is 0 Å². The Bertz CT molecular complexity index is 970. The molecule has 2 aliphatic rings. The van der Waals surface area contributed by atoms with Gasteiger partial charge in [-0.05, 0) is 37.6 Å². The second kappa shape index (κ2) is 9.96. The maximum absolute atomic E-state index is 13.7. The van der Waals surface area contributed by atoms with Crippen molar-refractivity contribution in [1.29, 1.82) is 0 Å². The van der Waals surface area contributed by atoms with Crippen molar-refractivity contribution in [3.63, 3.8) is 0 Å². The van der Waals surface area contributed by atoms with E-state index in [9.17, 15) is 9.59 Å². The quantitative estimate of drug-likeness (QED) is 0.698. The summed E-state index contributed by atoms with van der Waals surface area (Å²) in [5.41, 5.74) is 1.90. The Morgan fingerprint density at radius 3 is 2.30 bits per heavy atom. The molecule has 2 aromatic carbocycles. The molecule has 0 N–H and O–H groups in total. The van der Waals surface area contributed by atoms with Crippen LogP contribution < -0.4 is 4.74 Å². The molecule has 0 unspecified atom stereocenters. The Kier molecular flexibility index (Phi) is 7.03. The summed E-state index contributed by atoms with van der Waals surface area (Å²) in [6.45, 7) is 8.10. The third kappa shape index (κ3) is 5.06. The first-order chi connectivity index (χ1) is 15.9. The Labute approximate surface area is 197 Å². The Morgan fingerprint density at radius 2 is 1.64 bits per heavy atom. The number of likely N-dealkylation sites (tertiary alicyclic amines) is 1. The fourth-order valence-electron chi connectivity index (χ4n) is 5.19. The summed E-state index contributed by atoms with van der Waals surface area (Å²) >= 11 is 0. The number of amides is 2. The van der Waals surface area contributed by atoms with Crippen LogP contribution in [0.3, 0.4) is 0 Å². The number of piperidine rings is 1. The zero-order valence-electron chi connectivity index (χ0n) is 20.0. The minimum absolute atomic E-state index is 0.0263. The average Bonchev–Trinajstić information content (AvgIpc) is 2.85. The first kappa shape index (κ1) is 23.3. The molecule has 0 bridgehead atoms. The molecule has 2 saturated heterocycles. The predicted molar refractivity (Wildman–Crippen MR) is 129 cm³/mol. The minimum Gasteiger partial charge on any atom is -0.496 e. The number of hydrogen-bond donors (Lipinski definition) is 0. The van der Waals surface area contributed by atoms with E-state index in [1.54, 1.807) is 14.0 Å². The van der Waals surface area contributed by atoms with Crippen LogP contribution in [0.5, 0.6) is 5.75 Å². The smallest absolute Gasteiger partial charge is 0.228 e. The van der Waals surface area contributed by atoms with Crippen LogP contribution in [0.1, 0.15) is 43.9 Å². The highest BCUT2D eigenvalue weighted by atomic mass is 16.5. The molecule has 0 aliphatic carbocycles. The van der Waals surface area contributed by atoms with E-state index in [1.807, 2.05) is 40.1 Å². The van der Waals surface area contributed by atoms with Gasteiger partial charge in [-0.3, -0.25) is 14.5 Å². The lowest BCUT2D eigenvalue weighted by molar-refractivity contribution is -0.150. The highest BCUT2D eigenvalue weighted by molar-refractivity contribution is 5.83. The third-order valence-electron chi connectivity index (χ3n) is 7.29. The number of nitrogens with zero attached hydrogens (tertiary/aromatic N) is 3. The number of rotatable bonds is 5. The van der Waals surface area contributed by atoms with Gasteiger partial charge in [0, 0.05) is 44.1 Å². The van der Waals surface area contributed by atoms with Gasteiger partial charge in [0.05, 0.1) is 13.2 Å². The maximum Gasteiger partial charge on any atom is 0.228 e. The van der Waals surface area contributed by atoms with Gasteiger partial charge in [0.1, 0.15) is 5.75 Å². The van der Waals surface area contributed by atoms with Crippen molar-refractivity contribution < 1.29 is 14.3 Å². The summed E-state index contributed by atoms with van der Waals surface area (Å²) in [6, 6.07) is 18.1. The van der Waals surface area contributed by atoms with Gasteiger partial charge in [0.25, 0.3) is 0 Å². The van der Waals surface area contributed by atoms with E-state index in [-0.39, 0.29) is 23.3 Å². The van der Waals surface area contributed by atoms with Crippen molar-refractivity contribution in [1.82, 2.24) is 14.7 Å². The monoisotopic (exact) mass is 449 g/mol. The van der Waals surface area contributed by atoms with Gasteiger partial charge >= 0.3 is 0 Å². The van der Waals surface area contributed by atoms with Gasteiger partial charge in [0.15, 0.2) is 0 Å². The van der Waals surface area contributed by atoms with Crippen LogP contribution in [0.2, 0.25) is 0 Å². The lowest BCUT2D eigenvalue weighted by Crippen LogP contribution is -2.56. The Morgan fingerprint density at radius 1 is 0.970 bits per heavy atom. The van der Waals surface area contributed by atoms with E-state index in [2.05, 4.69) is 36.1 Å².